The number of nitrogens with zero attached hydrogens (tertiary/aromatic N) is 2. The summed E-state index contributed by atoms with van der Waals surface area (Å²) < 4.78 is 39.4. The summed E-state index contributed by atoms with van der Waals surface area (Å²) in [6.07, 6.45) is -4.39. The van der Waals surface area contributed by atoms with E-state index in [0.717, 1.165) is 12.1 Å². The van der Waals surface area contributed by atoms with Crippen molar-refractivity contribution < 1.29 is 23.1 Å². The second-order valence-corrected chi connectivity index (χ2v) is 4.71. The van der Waals surface area contributed by atoms with Crippen LogP contribution in [0.15, 0.2) is 24.3 Å². The number of carboxylic acid groups (broad SMARTS) is 1. The second-order valence-electron chi connectivity index (χ2n) is 4.71. The van der Waals surface area contributed by atoms with Crippen molar-refractivity contribution in [1.29, 1.82) is 0 Å². The number of carboxylic acids is 1. The van der Waals surface area contributed by atoms with Crippen LogP contribution in [-0.2, 0) is 19.6 Å². The third-order valence-corrected chi connectivity index (χ3v) is 3.25. The Morgan fingerprint density at radius 1 is 1.38 bits per heavy atom. The lowest BCUT2D eigenvalue weighted by Crippen LogP contribution is -2.06. The minimum absolute atomic E-state index is 0.0350. The summed E-state index contributed by atoms with van der Waals surface area (Å²) in [6.45, 7) is 1.60. The van der Waals surface area contributed by atoms with Gasteiger partial charge in [0.05, 0.1) is 11.3 Å². The molecule has 1 aromatic heterocycles. The van der Waals surface area contributed by atoms with Gasteiger partial charge in [0.15, 0.2) is 0 Å². The zero-order valence-electron chi connectivity index (χ0n) is 11.4. The Labute approximate surface area is 118 Å². The molecular formula is C14H13F3N2O2. The van der Waals surface area contributed by atoms with E-state index in [9.17, 15) is 23.1 Å². The highest BCUT2D eigenvalue weighted by atomic mass is 19.4. The van der Waals surface area contributed by atoms with Crippen molar-refractivity contribution in [1.82, 2.24) is 9.78 Å². The maximum absolute atomic E-state index is 12.7. The van der Waals surface area contributed by atoms with Crippen LogP contribution in [0.5, 0.6) is 0 Å². The summed E-state index contributed by atoms with van der Waals surface area (Å²) >= 11 is 0. The van der Waals surface area contributed by atoms with Gasteiger partial charge in [-0.1, -0.05) is 18.2 Å². The van der Waals surface area contributed by atoms with Gasteiger partial charge in [-0.3, -0.25) is 4.68 Å². The van der Waals surface area contributed by atoms with Gasteiger partial charge < -0.3 is 5.11 Å². The van der Waals surface area contributed by atoms with Crippen molar-refractivity contribution in [3.63, 3.8) is 0 Å². The number of alkyl halides is 3. The summed E-state index contributed by atoms with van der Waals surface area (Å²) in [5.41, 5.74) is 0.358. The molecule has 0 aliphatic carbocycles. The Kier molecular flexibility index (Phi) is 3.76. The van der Waals surface area contributed by atoms with Crippen LogP contribution >= 0.6 is 0 Å². The number of aryl methyl sites for hydroxylation is 1. The third kappa shape index (κ3) is 3.07. The summed E-state index contributed by atoms with van der Waals surface area (Å²) in [5.74, 6) is -1.14. The van der Waals surface area contributed by atoms with Gasteiger partial charge in [0, 0.05) is 19.2 Å². The zero-order valence-corrected chi connectivity index (χ0v) is 11.4. The van der Waals surface area contributed by atoms with Gasteiger partial charge in [-0.05, 0) is 18.6 Å². The lowest BCUT2D eigenvalue weighted by atomic mass is 10.0. The number of halogens is 3. The summed E-state index contributed by atoms with van der Waals surface area (Å²) in [5, 5.41) is 13.3. The maximum Gasteiger partial charge on any atom is 0.416 e. The van der Waals surface area contributed by atoms with E-state index in [0.29, 0.717) is 11.3 Å². The number of hydrogen-bond donors (Lipinski definition) is 1. The van der Waals surface area contributed by atoms with E-state index >= 15 is 0 Å². The van der Waals surface area contributed by atoms with Crippen molar-refractivity contribution in [2.45, 2.75) is 19.5 Å². The molecule has 21 heavy (non-hydrogen) atoms. The number of rotatable bonds is 3. The van der Waals surface area contributed by atoms with Gasteiger partial charge in [0.25, 0.3) is 0 Å². The quantitative estimate of drug-likeness (QED) is 0.947. The molecule has 0 saturated carbocycles. The van der Waals surface area contributed by atoms with Gasteiger partial charge >= 0.3 is 12.1 Å². The van der Waals surface area contributed by atoms with Crippen LogP contribution in [0, 0.1) is 6.92 Å². The smallest absolute Gasteiger partial charge is 0.416 e. The molecule has 1 heterocycles. The van der Waals surface area contributed by atoms with E-state index in [2.05, 4.69) is 5.10 Å². The molecule has 112 valence electrons. The average Bonchev–Trinajstić information content (AvgIpc) is 2.64. The molecule has 1 N–H and O–H groups in total. The third-order valence-electron chi connectivity index (χ3n) is 3.25. The average molecular weight is 298 g/mol. The minimum atomic E-state index is -4.42. The molecule has 0 aliphatic heterocycles. The summed E-state index contributed by atoms with van der Waals surface area (Å²) in [7, 11) is 1.59. The molecule has 0 amide bonds. The first-order valence-corrected chi connectivity index (χ1v) is 6.12. The molecular weight excluding hydrogens is 285 g/mol. The van der Waals surface area contributed by atoms with E-state index < -0.39 is 17.7 Å². The predicted molar refractivity (Wildman–Crippen MR) is 69.2 cm³/mol. The van der Waals surface area contributed by atoms with Gasteiger partial charge in [-0.2, -0.15) is 18.3 Å². The van der Waals surface area contributed by atoms with Crippen LogP contribution in [0.4, 0.5) is 13.2 Å². The normalized spacial score (nSPS) is 11.7. The number of aromatic carboxylic acids is 1. The molecule has 2 aromatic rings. The molecule has 0 bridgehead atoms. The van der Waals surface area contributed by atoms with Crippen LogP contribution in [-0.4, -0.2) is 20.9 Å². The van der Waals surface area contributed by atoms with E-state index in [-0.39, 0.29) is 17.7 Å². The van der Waals surface area contributed by atoms with Crippen molar-refractivity contribution in [2.75, 3.05) is 0 Å². The Hall–Kier alpha value is -2.31. The first kappa shape index (κ1) is 15.1. The number of benzene rings is 1. The molecule has 0 spiro atoms. The molecule has 0 fully saturated rings. The maximum atomic E-state index is 12.7. The Morgan fingerprint density at radius 2 is 2.05 bits per heavy atom. The molecule has 7 heteroatoms. The van der Waals surface area contributed by atoms with E-state index in [1.54, 1.807) is 14.0 Å². The van der Waals surface area contributed by atoms with Gasteiger partial charge in [-0.25, -0.2) is 4.79 Å². The standard InChI is InChI=1S/C14H13F3N2O2/c1-8-12(13(20)21)11(18-19(8)2)7-9-4-3-5-10(6-9)14(15,16)17/h3-6H,7H2,1-2H3,(H,20,21). The first-order valence-electron chi connectivity index (χ1n) is 6.12. The van der Waals surface area contributed by atoms with Crippen LogP contribution in [0.2, 0.25) is 0 Å². The number of aromatic nitrogens is 2. The van der Waals surface area contributed by atoms with Gasteiger partial charge in [0.2, 0.25) is 0 Å². The minimum Gasteiger partial charge on any atom is -0.478 e. The van der Waals surface area contributed by atoms with Gasteiger partial charge in [0.1, 0.15) is 5.56 Å². The van der Waals surface area contributed by atoms with E-state index in [1.165, 1.54) is 16.8 Å². The monoisotopic (exact) mass is 298 g/mol. The fourth-order valence-electron chi connectivity index (χ4n) is 2.13. The Morgan fingerprint density at radius 3 is 2.62 bits per heavy atom. The summed E-state index contributed by atoms with van der Waals surface area (Å²) in [4.78, 5) is 11.2. The zero-order chi connectivity index (χ0) is 15.8. The van der Waals surface area contributed by atoms with Crippen molar-refractivity contribution in [2.24, 2.45) is 7.05 Å². The number of hydrogen-bond acceptors (Lipinski definition) is 2. The highest BCUT2D eigenvalue weighted by Crippen LogP contribution is 2.30. The highest BCUT2D eigenvalue weighted by Gasteiger charge is 2.30. The van der Waals surface area contributed by atoms with Crippen molar-refractivity contribution >= 4 is 5.97 Å². The molecule has 0 saturated heterocycles. The number of carbonyl (C=O) groups is 1. The van der Waals surface area contributed by atoms with E-state index in [1.807, 2.05) is 0 Å². The SMILES string of the molecule is Cc1c(C(=O)O)c(Cc2cccc(C(F)(F)F)c2)nn1C. The van der Waals surface area contributed by atoms with Crippen LogP contribution in [0.25, 0.3) is 0 Å². The Balaban J connectivity index is 2.40. The molecule has 0 aliphatic rings. The van der Waals surface area contributed by atoms with Crippen LogP contribution < -0.4 is 0 Å². The highest BCUT2D eigenvalue weighted by molar-refractivity contribution is 5.90. The predicted octanol–water partition coefficient (Wildman–Crippen LogP) is 3.04. The summed E-state index contributed by atoms with van der Waals surface area (Å²) in [6, 6.07) is 4.81. The first-order chi connectivity index (χ1) is 9.70. The molecule has 2 rings (SSSR count). The van der Waals surface area contributed by atoms with Crippen molar-refractivity contribution in [3.8, 4) is 0 Å². The molecule has 1 aromatic carbocycles. The fraction of sp³-hybridized carbons (Fsp3) is 0.286. The topological polar surface area (TPSA) is 55.1 Å². The fourth-order valence-corrected chi connectivity index (χ4v) is 2.13. The van der Waals surface area contributed by atoms with Gasteiger partial charge in [-0.15, -0.1) is 0 Å². The molecule has 0 radical (unpaired) electrons. The Bertz CT molecular complexity index is 690. The van der Waals surface area contributed by atoms with Crippen molar-refractivity contribution in [3.05, 3.63) is 52.3 Å². The molecule has 0 unspecified atom stereocenters. The lowest BCUT2D eigenvalue weighted by molar-refractivity contribution is -0.137. The lowest BCUT2D eigenvalue weighted by Gasteiger charge is -2.08. The second kappa shape index (κ2) is 5.23. The van der Waals surface area contributed by atoms with Crippen LogP contribution in [0.3, 0.4) is 0 Å². The molecule has 0 atom stereocenters. The molecule has 4 nitrogen and oxygen atoms in total. The van der Waals surface area contributed by atoms with E-state index in [4.69, 9.17) is 0 Å². The largest absolute Gasteiger partial charge is 0.478 e. The van der Waals surface area contributed by atoms with Crippen LogP contribution in [0.1, 0.15) is 32.9 Å².